The molecular weight excluding hydrogens is 518 g/mol. The van der Waals surface area contributed by atoms with Crippen LogP contribution in [-0.2, 0) is 26.2 Å². The Hall–Kier alpha value is -3.57. The van der Waals surface area contributed by atoms with E-state index >= 15 is 0 Å². The summed E-state index contributed by atoms with van der Waals surface area (Å²) < 4.78 is 16.8. The molecule has 2 atom stereocenters. The van der Waals surface area contributed by atoms with Gasteiger partial charge in [-0.05, 0) is 102 Å². The van der Waals surface area contributed by atoms with Gasteiger partial charge in [-0.15, -0.1) is 0 Å². The Morgan fingerprint density at radius 1 is 1.10 bits per heavy atom. The number of esters is 1. The molecule has 8 nitrogen and oxygen atoms in total. The molecule has 0 unspecified atom stereocenters. The zero-order chi connectivity index (χ0) is 29.8. The third kappa shape index (κ3) is 7.20. The zero-order valence-corrected chi connectivity index (χ0v) is 25.2. The fraction of sp³-hybridized carbons (Fsp3) is 0.545. The van der Waals surface area contributed by atoms with Crippen LogP contribution in [0.3, 0.4) is 0 Å². The topological polar surface area (TPSA) is 92.1 Å². The number of rotatable bonds is 7. The molecule has 2 fully saturated rings. The van der Waals surface area contributed by atoms with Crippen molar-refractivity contribution in [2.75, 3.05) is 27.7 Å². The van der Waals surface area contributed by atoms with Crippen LogP contribution in [0.4, 0.5) is 4.79 Å². The van der Waals surface area contributed by atoms with Crippen molar-refractivity contribution in [3.8, 4) is 11.8 Å². The second-order valence-corrected chi connectivity index (χ2v) is 12.6. The van der Waals surface area contributed by atoms with Crippen molar-refractivity contribution in [2.45, 2.75) is 82.6 Å². The lowest BCUT2D eigenvalue weighted by molar-refractivity contribution is -0.145. The van der Waals surface area contributed by atoms with Crippen molar-refractivity contribution >= 4 is 12.1 Å². The zero-order valence-electron chi connectivity index (χ0n) is 25.2. The number of hydrogen-bond donors (Lipinski definition) is 0. The Morgan fingerprint density at radius 2 is 1.78 bits per heavy atom. The van der Waals surface area contributed by atoms with E-state index < -0.39 is 29.8 Å². The van der Waals surface area contributed by atoms with Crippen LogP contribution in [0.1, 0.15) is 69.6 Å². The first kappa shape index (κ1) is 30.4. The number of carbonyl (C=O) groups excluding carboxylic acids is 2. The summed E-state index contributed by atoms with van der Waals surface area (Å²) in [4.78, 5) is 29.1. The number of amides is 1. The van der Waals surface area contributed by atoms with E-state index in [4.69, 9.17) is 14.2 Å². The van der Waals surface area contributed by atoms with Crippen LogP contribution < -0.4 is 4.74 Å². The molecule has 0 aromatic heterocycles. The van der Waals surface area contributed by atoms with Gasteiger partial charge in [0, 0.05) is 12.0 Å². The molecule has 4 rings (SSSR count). The van der Waals surface area contributed by atoms with E-state index in [9.17, 15) is 14.9 Å². The maximum absolute atomic E-state index is 12.8. The summed E-state index contributed by atoms with van der Waals surface area (Å²) in [7, 11) is 5.65. The normalized spacial score (nSPS) is 24.5. The van der Waals surface area contributed by atoms with Gasteiger partial charge < -0.3 is 14.2 Å². The molecule has 220 valence electrons. The van der Waals surface area contributed by atoms with Gasteiger partial charge in [-0.2, -0.15) is 5.26 Å². The number of nitrogens with zero attached hydrogens (tertiary/aromatic N) is 3. The Morgan fingerprint density at radius 3 is 2.37 bits per heavy atom. The second-order valence-electron chi connectivity index (χ2n) is 12.6. The molecule has 1 heterocycles. The van der Waals surface area contributed by atoms with Gasteiger partial charge in [0.2, 0.25) is 0 Å². The molecule has 0 radical (unpaired) electrons. The number of carbonyl (C=O) groups is 2. The highest BCUT2D eigenvalue weighted by Crippen LogP contribution is 2.44. The van der Waals surface area contributed by atoms with Gasteiger partial charge >= 0.3 is 12.1 Å². The first-order chi connectivity index (χ1) is 19.4. The number of nitriles is 1. The van der Waals surface area contributed by atoms with Crippen LogP contribution in [-0.4, -0.2) is 67.4 Å². The van der Waals surface area contributed by atoms with Crippen molar-refractivity contribution in [1.82, 2.24) is 9.80 Å². The number of hydrogen-bond acceptors (Lipinski definition) is 7. The number of likely N-dealkylation sites (tertiary alicyclic amines) is 1. The van der Waals surface area contributed by atoms with E-state index in [0.29, 0.717) is 17.2 Å². The van der Waals surface area contributed by atoms with Gasteiger partial charge in [-0.25, -0.2) is 9.59 Å². The monoisotopic (exact) mass is 561 g/mol. The van der Waals surface area contributed by atoms with Crippen molar-refractivity contribution in [1.29, 1.82) is 5.26 Å². The van der Waals surface area contributed by atoms with Crippen LogP contribution in [0, 0.1) is 17.2 Å². The van der Waals surface area contributed by atoms with E-state index in [0.717, 1.165) is 37.7 Å². The van der Waals surface area contributed by atoms with Gasteiger partial charge in [-0.1, -0.05) is 30.3 Å². The summed E-state index contributed by atoms with van der Waals surface area (Å²) in [6, 6.07) is 17.9. The van der Waals surface area contributed by atoms with E-state index in [1.807, 2.05) is 12.1 Å². The molecule has 1 aliphatic carbocycles. The van der Waals surface area contributed by atoms with Crippen LogP contribution in [0.5, 0.6) is 5.75 Å². The summed E-state index contributed by atoms with van der Waals surface area (Å²) >= 11 is 0. The van der Waals surface area contributed by atoms with Crippen LogP contribution in [0.2, 0.25) is 0 Å². The fourth-order valence-electron chi connectivity index (χ4n) is 6.30. The highest BCUT2D eigenvalue weighted by molar-refractivity contribution is 5.82. The Labute approximate surface area is 244 Å². The lowest BCUT2D eigenvalue weighted by atomic mass is 9.70. The summed E-state index contributed by atoms with van der Waals surface area (Å²) in [5, 5.41) is 9.74. The van der Waals surface area contributed by atoms with Gasteiger partial charge in [0.15, 0.2) is 0 Å². The largest absolute Gasteiger partial charge is 0.488 e. The van der Waals surface area contributed by atoms with Crippen molar-refractivity contribution in [3.63, 3.8) is 0 Å². The lowest BCUT2D eigenvalue weighted by Gasteiger charge is -2.45. The molecule has 1 aliphatic heterocycles. The van der Waals surface area contributed by atoms with E-state index in [1.54, 1.807) is 26.8 Å². The van der Waals surface area contributed by atoms with Crippen molar-refractivity contribution in [2.24, 2.45) is 5.92 Å². The predicted octanol–water partition coefficient (Wildman–Crippen LogP) is 5.68. The molecule has 2 aromatic carbocycles. The summed E-state index contributed by atoms with van der Waals surface area (Å²) in [5.41, 5.74) is 2.31. The van der Waals surface area contributed by atoms with Crippen molar-refractivity contribution in [3.05, 3.63) is 65.2 Å². The van der Waals surface area contributed by atoms with Gasteiger partial charge in [0.25, 0.3) is 0 Å². The van der Waals surface area contributed by atoms with E-state index in [1.165, 1.54) is 17.6 Å². The molecular formula is C33H43N3O5. The molecule has 0 bridgehead atoms. The minimum Gasteiger partial charge on any atom is -0.488 e. The average Bonchev–Trinajstić information content (AvgIpc) is 3.36. The maximum atomic E-state index is 12.8. The van der Waals surface area contributed by atoms with E-state index in [-0.39, 0.29) is 18.5 Å². The Balaban J connectivity index is 1.45. The number of ether oxygens (including phenoxy) is 3. The SMILES string of the molecule is COC(=O)[C@@H]1C[C@H](Oc2cc(C#N)cc(CC3CCC(c4ccccc4)(N(C)C)CC3)c2)CN1C(=O)OC(C)(C)C. The van der Waals surface area contributed by atoms with Crippen molar-refractivity contribution < 1.29 is 23.8 Å². The molecule has 2 aromatic rings. The molecule has 1 saturated heterocycles. The average molecular weight is 562 g/mol. The minimum atomic E-state index is -0.790. The molecule has 0 spiro atoms. The molecule has 1 amide bonds. The quantitative estimate of drug-likeness (QED) is 0.402. The summed E-state index contributed by atoms with van der Waals surface area (Å²) in [6.45, 7) is 5.54. The summed E-state index contributed by atoms with van der Waals surface area (Å²) in [5.74, 6) is 0.572. The third-order valence-corrected chi connectivity index (χ3v) is 8.39. The van der Waals surface area contributed by atoms with Crippen LogP contribution in [0.25, 0.3) is 0 Å². The highest BCUT2D eigenvalue weighted by atomic mass is 16.6. The van der Waals surface area contributed by atoms with Crippen LogP contribution in [0.15, 0.2) is 48.5 Å². The van der Waals surface area contributed by atoms with Crippen LogP contribution >= 0.6 is 0 Å². The molecule has 8 heteroatoms. The highest BCUT2D eigenvalue weighted by Gasteiger charge is 2.43. The number of methoxy groups -OCH3 is 1. The van der Waals surface area contributed by atoms with Gasteiger partial charge in [0.05, 0.1) is 25.3 Å². The lowest BCUT2D eigenvalue weighted by Crippen LogP contribution is -2.44. The molecule has 0 N–H and O–H groups in total. The standard InChI is InChI=1S/C33H43N3O5/c1-32(2,3)41-31(38)36-22-28(20-29(36)30(37)39-6)40-27-18-24(17-25(19-27)21-34)16-23-12-14-33(15-13-23,35(4)5)26-10-8-7-9-11-26/h7-11,17-19,23,28-29H,12-16,20,22H2,1-6H3/t23?,28-,29-,33?/m0/s1. The van der Waals surface area contributed by atoms with Gasteiger partial charge in [-0.3, -0.25) is 9.80 Å². The minimum absolute atomic E-state index is 0.0409. The summed E-state index contributed by atoms with van der Waals surface area (Å²) in [6.07, 6.45) is 4.47. The van der Waals surface area contributed by atoms with E-state index in [2.05, 4.69) is 55.4 Å². The fourth-order valence-corrected chi connectivity index (χ4v) is 6.30. The smallest absolute Gasteiger partial charge is 0.411 e. The second kappa shape index (κ2) is 12.5. The predicted molar refractivity (Wildman–Crippen MR) is 156 cm³/mol. The molecule has 1 saturated carbocycles. The molecule has 2 aliphatic rings. The first-order valence-electron chi connectivity index (χ1n) is 14.4. The third-order valence-electron chi connectivity index (χ3n) is 8.39. The van der Waals surface area contributed by atoms with Gasteiger partial charge in [0.1, 0.15) is 23.5 Å². The maximum Gasteiger partial charge on any atom is 0.411 e. The number of benzene rings is 2. The Bertz CT molecular complexity index is 1260. The first-order valence-corrected chi connectivity index (χ1v) is 14.4. The molecule has 41 heavy (non-hydrogen) atoms. The Kier molecular flexibility index (Phi) is 9.28.